The third-order valence-corrected chi connectivity index (χ3v) is 5.70. The highest BCUT2D eigenvalue weighted by molar-refractivity contribution is 5.79. The lowest BCUT2D eigenvalue weighted by atomic mass is 10.0. The van der Waals surface area contributed by atoms with Gasteiger partial charge in [0.05, 0.1) is 11.9 Å². The largest absolute Gasteiger partial charge is 0.362 e. The van der Waals surface area contributed by atoms with Crippen molar-refractivity contribution in [3.05, 3.63) is 109 Å². The van der Waals surface area contributed by atoms with Gasteiger partial charge in [-0.05, 0) is 41.4 Å². The summed E-state index contributed by atoms with van der Waals surface area (Å²) in [5.41, 5.74) is 7.40. The maximum atomic E-state index is 4.18. The molecule has 0 unspecified atom stereocenters. The van der Waals surface area contributed by atoms with E-state index in [2.05, 4.69) is 124 Å². The van der Waals surface area contributed by atoms with Gasteiger partial charge in [0.15, 0.2) is 0 Å². The summed E-state index contributed by atoms with van der Waals surface area (Å²) in [6, 6.07) is 0. The van der Waals surface area contributed by atoms with Crippen LogP contribution >= 0.6 is 0 Å². The maximum absolute atomic E-state index is 4.18. The first-order valence-electron chi connectivity index (χ1n) is 13.7. The zero-order valence-electron chi connectivity index (χ0n) is 25.7. The zero-order chi connectivity index (χ0) is 30.2. The minimum atomic E-state index is 0.483. The molecule has 7 heteroatoms. The lowest BCUT2D eigenvalue weighted by Crippen LogP contribution is -2.19. The number of aliphatic imine (C=N–C) groups is 3. The number of nitrogens with zero attached hydrogens (tertiary/aromatic N) is 3. The third-order valence-electron chi connectivity index (χ3n) is 5.70. The van der Waals surface area contributed by atoms with Crippen LogP contribution in [0.4, 0.5) is 0 Å². The normalized spacial score (nSPS) is 17.1. The molecule has 4 N–H and O–H groups in total. The summed E-state index contributed by atoms with van der Waals surface area (Å²) < 4.78 is 0. The van der Waals surface area contributed by atoms with Crippen molar-refractivity contribution in [3.63, 3.8) is 0 Å². The Labute approximate surface area is 242 Å². The summed E-state index contributed by atoms with van der Waals surface area (Å²) >= 11 is 0. The minimum absolute atomic E-state index is 0.483. The Morgan fingerprint density at radius 2 is 1.27 bits per heavy atom. The van der Waals surface area contributed by atoms with Gasteiger partial charge in [-0.25, -0.2) is 4.99 Å². The molecular formula is C33H49N7. The zero-order valence-corrected chi connectivity index (χ0v) is 25.7. The summed E-state index contributed by atoms with van der Waals surface area (Å²) in [7, 11) is 0. The van der Waals surface area contributed by atoms with Gasteiger partial charge in [0.1, 0.15) is 5.82 Å². The molecule has 7 nitrogen and oxygen atoms in total. The first kappa shape index (κ1) is 33.9. The first-order chi connectivity index (χ1) is 18.8. The number of hydrogen-bond acceptors (Lipinski definition) is 7. The van der Waals surface area contributed by atoms with Crippen LogP contribution in [0.25, 0.3) is 0 Å². The molecule has 4 aliphatic rings. The monoisotopic (exact) mass is 543 g/mol. The molecule has 4 heterocycles. The summed E-state index contributed by atoms with van der Waals surface area (Å²) in [5.74, 6) is 2.82. The highest BCUT2D eigenvalue weighted by Crippen LogP contribution is 2.14. The Kier molecular flexibility index (Phi) is 14.8. The van der Waals surface area contributed by atoms with E-state index in [1.807, 2.05) is 30.8 Å². The molecule has 0 bridgehead atoms. The van der Waals surface area contributed by atoms with Crippen LogP contribution < -0.4 is 21.3 Å². The van der Waals surface area contributed by atoms with Gasteiger partial charge >= 0.3 is 0 Å². The highest BCUT2D eigenvalue weighted by Gasteiger charge is 2.06. The van der Waals surface area contributed by atoms with E-state index in [0.29, 0.717) is 23.7 Å². The van der Waals surface area contributed by atoms with Crippen molar-refractivity contribution in [1.82, 2.24) is 21.3 Å². The third kappa shape index (κ3) is 13.6. The van der Waals surface area contributed by atoms with E-state index in [-0.39, 0.29) is 0 Å². The smallest absolute Gasteiger partial charge is 0.122 e. The van der Waals surface area contributed by atoms with Crippen molar-refractivity contribution < 1.29 is 0 Å². The van der Waals surface area contributed by atoms with Gasteiger partial charge in [-0.15, -0.1) is 0 Å². The first-order valence-corrected chi connectivity index (χ1v) is 13.7. The molecule has 4 rings (SSSR count). The Morgan fingerprint density at radius 1 is 0.625 bits per heavy atom. The van der Waals surface area contributed by atoms with E-state index in [9.17, 15) is 0 Å². The van der Waals surface area contributed by atoms with E-state index in [1.165, 1.54) is 11.3 Å². The Balaban J connectivity index is 0.000000267. The molecule has 0 spiro atoms. The molecule has 216 valence electrons. The predicted molar refractivity (Wildman–Crippen MR) is 175 cm³/mol. The van der Waals surface area contributed by atoms with E-state index in [4.69, 9.17) is 0 Å². The average molecular weight is 544 g/mol. The van der Waals surface area contributed by atoms with Crippen LogP contribution in [0, 0.1) is 23.7 Å². The second-order valence-corrected chi connectivity index (χ2v) is 10.7. The van der Waals surface area contributed by atoms with Crippen LogP contribution in [0.3, 0.4) is 0 Å². The van der Waals surface area contributed by atoms with Gasteiger partial charge in [-0.1, -0.05) is 87.8 Å². The number of rotatable bonds is 4. The van der Waals surface area contributed by atoms with Crippen LogP contribution in [0.2, 0.25) is 0 Å². The second kappa shape index (κ2) is 17.5. The van der Waals surface area contributed by atoms with Gasteiger partial charge in [0.25, 0.3) is 0 Å². The maximum Gasteiger partial charge on any atom is 0.122 e. The van der Waals surface area contributed by atoms with E-state index in [1.54, 1.807) is 18.6 Å². The molecule has 0 fully saturated rings. The van der Waals surface area contributed by atoms with Crippen LogP contribution in [-0.2, 0) is 0 Å². The summed E-state index contributed by atoms with van der Waals surface area (Å²) in [6.07, 6.45) is 17.0. The molecule has 0 aromatic heterocycles. The van der Waals surface area contributed by atoms with Crippen molar-refractivity contribution >= 4 is 18.6 Å². The van der Waals surface area contributed by atoms with Crippen LogP contribution in [0.15, 0.2) is 124 Å². The van der Waals surface area contributed by atoms with Crippen molar-refractivity contribution in [2.75, 3.05) is 0 Å². The number of allylic oxidation sites excluding steroid dienone is 9. The fraction of sp³-hybridized carbons (Fsp3) is 0.364. The molecule has 0 saturated heterocycles. The lowest BCUT2D eigenvalue weighted by molar-refractivity contribution is 0.695. The minimum Gasteiger partial charge on any atom is -0.362 e. The molecule has 0 radical (unpaired) electrons. The fourth-order valence-corrected chi connectivity index (χ4v) is 3.07. The van der Waals surface area contributed by atoms with Crippen molar-refractivity contribution in [3.8, 4) is 0 Å². The van der Waals surface area contributed by atoms with Crippen molar-refractivity contribution in [1.29, 1.82) is 0 Å². The predicted octanol–water partition coefficient (Wildman–Crippen LogP) is 7.21. The van der Waals surface area contributed by atoms with Crippen molar-refractivity contribution in [2.45, 2.75) is 55.4 Å². The molecular weight excluding hydrogens is 494 g/mol. The van der Waals surface area contributed by atoms with E-state index in [0.717, 1.165) is 34.3 Å². The summed E-state index contributed by atoms with van der Waals surface area (Å²) in [6.45, 7) is 32.0. The van der Waals surface area contributed by atoms with Gasteiger partial charge in [-0.3, -0.25) is 9.98 Å². The van der Waals surface area contributed by atoms with E-state index >= 15 is 0 Å². The highest BCUT2D eigenvalue weighted by atomic mass is 15.0. The van der Waals surface area contributed by atoms with Gasteiger partial charge < -0.3 is 21.3 Å². The molecule has 0 aromatic carbocycles. The molecule has 4 aliphatic heterocycles. The van der Waals surface area contributed by atoms with E-state index < -0.39 is 0 Å². The Hall–Kier alpha value is -4.13. The molecule has 0 aromatic rings. The van der Waals surface area contributed by atoms with Gasteiger partial charge in [0, 0.05) is 59.5 Å². The summed E-state index contributed by atoms with van der Waals surface area (Å²) in [5, 5.41) is 12.3. The van der Waals surface area contributed by atoms with Gasteiger partial charge in [-0.2, -0.15) is 0 Å². The van der Waals surface area contributed by atoms with Crippen LogP contribution in [0.1, 0.15) is 55.4 Å². The average Bonchev–Trinajstić information content (AvgIpc) is 2.90. The Bertz CT molecular complexity index is 1070. The molecule has 40 heavy (non-hydrogen) atoms. The number of nitrogens with one attached hydrogen (secondary N) is 4. The number of dihydropyridines is 1. The molecule has 0 aliphatic carbocycles. The van der Waals surface area contributed by atoms with Crippen LogP contribution in [-0.4, -0.2) is 18.6 Å². The molecule has 0 atom stereocenters. The summed E-state index contributed by atoms with van der Waals surface area (Å²) in [4.78, 5) is 12.2. The molecule has 0 saturated carbocycles. The SMILES string of the molecule is C=C1C=CC(C(C)C)=CN1.C=C1C=NC(C(C)C)=CN1.C=C1C=NC=C(C(C)C)N1.C=C1N=CC=C(C(C)C)N1. The standard InChI is InChI=1S/C9H13N.3C8H12N2/c1-7(2)9-5-4-8(3)10-6-9;1-6(2)8-5-9-7(3)4-10-8;1-6(2)8-5-9-4-7(3)10-8;1-6(2)8-4-5-9-7(3)10-8/h4-7,10H,3H2,1-2H3;4-6,9H,3H2,1-2H3;2*4-6,10H,3H2,1-2H3. The quantitative estimate of drug-likeness (QED) is 0.302. The Morgan fingerprint density at radius 3 is 1.68 bits per heavy atom. The van der Waals surface area contributed by atoms with Crippen LogP contribution in [0.5, 0.6) is 0 Å². The van der Waals surface area contributed by atoms with Gasteiger partial charge in [0.2, 0.25) is 0 Å². The number of hydrogen-bond donors (Lipinski definition) is 4. The lowest BCUT2D eigenvalue weighted by Gasteiger charge is -2.15. The van der Waals surface area contributed by atoms with Crippen molar-refractivity contribution in [2.24, 2.45) is 38.6 Å². The fourth-order valence-electron chi connectivity index (χ4n) is 3.07. The second-order valence-electron chi connectivity index (χ2n) is 10.7. The molecule has 0 amide bonds. The topological polar surface area (TPSA) is 85.2 Å².